The molecule has 0 fully saturated rings. The third-order valence-corrected chi connectivity index (χ3v) is 3.23. The van der Waals surface area contributed by atoms with Crippen LogP contribution in [0.2, 0.25) is 10.0 Å². The standard InChI is InChI=1S/C14H12Cl2N2O2/c15-11-5-2-6-12(16)13(11)20-8-9-3-1-4-10(7-9)14(17)18-19/h1-7,19H,8H2,(H2,17,18). The van der Waals surface area contributed by atoms with Crippen LogP contribution in [-0.2, 0) is 6.61 Å². The fourth-order valence-electron chi connectivity index (χ4n) is 1.65. The Bertz CT molecular complexity index is 625. The van der Waals surface area contributed by atoms with Gasteiger partial charge in [0.25, 0.3) is 0 Å². The average Bonchev–Trinajstić information content (AvgIpc) is 2.46. The quantitative estimate of drug-likeness (QED) is 0.392. The monoisotopic (exact) mass is 310 g/mol. The molecule has 0 saturated heterocycles. The van der Waals surface area contributed by atoms with Crippen LogP contribution in [0.4, 0.5) is 0 Å². The summed E-state index contributed by atoms with van der Waals surface area (Å²) in [7, 11) is 0. The first-order chi connectivity index (χ1) is 9.61. The predicted molar refractivity (Wildman–Crippen MR) is 79.7 cm³/mol. The molecule has 0 aliphatic carbocycles. The van der Waals surface area contributed by atoms with Crippen molar-refractivity contribution in [1.82, 2.24) is 0 Å². The highest BCUT2D eigenvalue weighted by Gasteiger charge is 2.07. The Morgan fingerprint density at radius 2 is 1.80 bits per heavy atom. The molecule has 6 heteroatoms. The molecule has 2 aromatic rings. The molecule has 20 heavy (non-hydrogen) atoms. The number of nitrogens with zero attached hydrogens (tertiary/aromatic N) is 1. The summed E-state index contributed by atoms with van der Waals surface area (Å²) in [5, 5.41) is 12.5. The molecule has 104 valence electrons. The molecule has 2 aromatic carbocycles. The molecule has 0 saturated carbocycles. The van der Waals surface area contributed by atoms with E-state index in [0.717, 1.165) is 5.56 Å². The lowest BCUT2D eigenvalue weighted by molar-refractivity contribution is 0.306. The van der Waals surface area contributed by atoms with E-state index in [1.807, 2.05) is 6.07 Å². The minimum atomic E-state index is 0.0441. The number of hydrogen-bond donors (Lipinski definition) is 2. The molecule has 0 amide bonds. The molecule has 0 unspecified atom stereocenters. The predicted octanol–water partition coefficient (Wildman–Crippen LogP) is 3.67. The fourth-order valence-corrected chi connectivity index (χ4v) is 2.16. The Morgan fingerprint density at radius 1 is 1.15 bits per heavy atom. The lowest BCUT2D eigenvalue weighted by Crippen LogP contribution is -2.13. The van der Waals surface area contributed by atoms with E-state index in [1.165, 1.54) is 0 Å². The minimum absolute atomic E-state index is 0.0441. The average molecular weight is 311 g/mol. The van der Waals surface area contributed by atoms with Crippen molar-refractivity contribution >= 4 is 29.0 Å². The van der Waals surface area contributed by atoms with Gasteiger partial charge in [0.05, 0.1) is 10.0 Å². The smallest absolute Gasteiger partial charge is 0.170 e. The first kappa shape index (κ1) is 14.5. The van der Waals surface area contributed by atoms with Gasteiger partial charge >= 0.3 is 0 Å². The first-order valence-corrected chi connectivity index (χ1v) is 6.51. The minimum Gasteiger partial charge on any atom is -0.486 e. The van der Waals surface area contributed by atoms with Crippen molar-refractivity contribution in [3.63, 3.8) is 0 Å². The second-order valence-electron chi connectivity index (χ2n) is 4.03. The maximum absolute atomic E-state index is 8.66. The van der Waals surface area contributed by atoms with Crippen molar-refractivity contribution in [2.45, 2.75) is 6.61 Å². The van der Waals surface area contributed by atoms with Crippen LogP contribution < -0.4 is 10.5 Å². The molecule has 0 aliphatic heterocycles. The van der Waals surface area contributed by atoms with E-state index in [9.17, 15) is 0 Å². The van der Waals surface area contributed by atoms with Gasteiger partial charge in [-0.3, -0.25) is 0 Å². The fraction of sp³-hybridized carbons (Fsp3) is 0.0714. The Kier molecular flexibility index (Phi) is 4.71. The third kappa shape index (κ3) is 3.35. The van der Waals surface area contributed by atoms with Crippen LogP contribution in [-0.4, -0.2) is 11.0 Å². The van der Waals surface area contributed by atoms with Crippen molar-refractivity contribution in [2.75, 3.05) is 0 Å². The Labute approximate surface area is 126 Å². The molecular weight excluding hydrogens is 299 g/mol. The molecular formula is C14H12Cl2N2O2. The number of para-hydroxylation sites is 1. The topological polar surface area (TPSA) is 67.8 Å². The van der Waals surface area contributed by atoms with Crippen molar-refractivity contribution < 1.29 is 9.94 Å². The van der Waals surface area contributed by atoms with E-state index >= 15 is 0 Å². The van der Waals surface area contributed by atoms with Crippen LogP contribution >= 0.6 is 23.2 Å². The van der Waals surface area contributed by atoms with Gasteiger partial charge in [-0.25, -0.2) is 0 Å². The van der Waals surface area contributed by atoms with Gasteiger partial charge in [0.15, 0.2) is 11.6 Å². The van der Waals surface area contributed by atoms with Gasteiger partial charge in [-0.1, -0.05) is 52.6 Å². The summed E-state index contributed by atoms with van der Waals surface area (Å²) >= 11 is 12.0. The summed E-state index contributed by atoms with van der Waals surface area (Å²) in [5.74, 6) is 0.479. The molecule has 0 aliphatic rings. The number of nitrogens with two attached hydrogens (primary N) is 1. The van der Waals surface area contributed by atoms with Crippen molar-refractivity contribution in [1.29, 1.82) is 0 Å². The van der Waals surface area contributed by atoms with Gasteiger partial charge in [0, 0.05) is 5.56 Å². The zero-order valence-electron chi connectivity index (χ0n) is 10.4. The Hall–Kier alpha value is -1.91. The van der Waals surface area contributed by atoms with Crippen LogP contribution in [0.25, 0.3) is 0 Å². The molecule has 0 atom stereocenters. The van der Waals surface area contributed by atoms with Gasteiger partial charge in [-0.15, -0.1) is 0 Å². The SMILES string of the molecule is N/C(=N\O)c1cccc(COc2c(Cl)cccc2Cl)c1. The summed E-state index contributed by atoms with van der Waals surface area (Å²) in [5.41, 5.74) is 7.00. The van der Waals surface area contributed by atoms with Gasteiger partial charge in [0.2, 0.25) is 0 Å². The molecule has 0 heterocycles. The van der Waals surface area contributed by atoms with E-state index in [-0.39, 0.29) is 12.4 Å². The largest absolute Gasteiger partial charge is 0.486 e. The highest BCUT2D eigenvalue weighted by Crippen LogP contribution is 2.32. The molecule has 0 radical (unpaired) electrons. The second kappa shape index (κ2) is 6.50. The van der Waals surface area contributed by atoms with E-state index in [2.05, 4.69) is 5.16 Å². The molecule has 0 aromatic heterocycles. The Balaban J connectivity index is 2.15. The summed E-state index contributed by atoms with van der Waals surface area (Å²) in [6.45, 7) is 0.274. The summed E-state index contributed by atoms with van der Waals surface area (Å²) in [6.07, 6.45) is 0. The zero-order valence-corrected chi connectivity index (χ0v) is 11.9. The number of halogens is 2. The van der Waals surface area contributed by atoms with Crippen LogP contribution in [0.5, 0.6) is 5.75 Å². The molecule has 3 N–H and O–H groups in total. The van der Waals surface area contributed by atoms with Gasteiger partial charge in [0.1, 0.15) is 6.61 Å². The molecule has 0 spiro atoms. The first-order valence-electron chi connectivity index (χ1n) is 5.75. The van der Waals surface area contributed by atoms with Crippen LogP contribution in [0, 0.1) is 0 Å². The number of benzene rings is 2. The summed E-state index contributed by atoms with van der Waals surface area (Å²) in [6, 6.07) is 12.3. The van der Waals surface area contributed by atoms with Crippen molar-refractivity contribution in [3.05, 3.63) is 63.6 Å². The number of rotatable bonds is 4. The molecule has 0 bridgehead atoms. The van der Waals surface area contributed by atoms with E-state index < -0.39 is 0 Å². The lowest BCUT2D eigenvalue weighted by Gasteiger charge is -2.10. The molecule has 2 rings (SSSR count). The maximum Gasteiger partial charge on any atom is 0.170 e. The number of hydrogen-bond acceptors (Lipinski definition) is 3. The van der Waals surface area contributed by atoms with Gasteiger partial charge < -0.3 is 15.7 Å². The van der Waals surface area contributed by atoms with Crippen LogP contribution in [0.3, 0.4) is 0 Å². The zero-order chi connectivity index (χ0) is 14.5. The maximum atomic E-state index is 8.66. The number of oxime groups is 1. The van der Waals surface area contributed by atoms with Crippen molar-refractivity contribution in [3.8, 4) is 5.75 Å². The Morgan fingerprint density at radius 3 is 2.45 bits per heavy atom. The number of amidine groups is 1. The van der Waals surface area contributed by atoms with Gasteiger partial charge in [-0.2, -0.15) is 0 Å². The number of ether oxygens (including phenoxy) is 1. The van der Waals surface area contributed by atoms with Crippen LogP contribution in [0.15, 0.2) is 47.6 Å². The lowest BCUT2D eigenvalue weighted by atomic mass is 10.1. The molecule has 4 nitrogen and oxygen atoms in total. The normalized spacial score (nSPS) is 11.4. The van der Waals surface area contributed by atoms with E-state index in [0.29, 0.717) is 21.4 Å². The third-order valence-electron chi connectivity index (χ3n) is 2.63. The summed E-state index contributed by atoms with van der Waals surface area (Å²) in [4.78, 5) is 0. The van der Waals surface area contributed by atoms with Crippen molar-refractivity contribution in [2.24, 2.45) is 10.9 Å². The van der Waals surface area contributed by atoms with E-state index in [1.54, 1.807) is 36.4 Å². The summed E-state index contributed by atoms with van der Waals surface area (Å²) < 4.78 is 5.61. The van der Waals surface area contributed by atoms with Gasteiger partial charge in [-0.05, 0) is 23.8 Å². The highest BCUT2D eigenvalue weighted by atomic mass is 35.5. The highest BCUT2D eigenvalue weighted by molar-refractivity contribution is 6.37. The van der Waals surface area contributed by atoms with E-state index in [4.69, 9.17) is 38.9 Å². The second-order valence-corrected chi connectivity index (χ2v) is 4.84. The van der Waals surface area contributed by atoms with Crippen LogP contribution in [0.1, 0.15) is 11.1 Å².